The normalized spacial score (nSPS) is 13.0. The number of nitrogens with zero attached hydrogens (tertiary/aromatic N) is 2. The first-order valence-corrected chi connectivity index (χ1v) is 13.2. The first kappa shape index (κ1) is 24.9. The summed E-state index contributed by atoms with van der Waals surface area (Å²) in [5.41, 5.74) is 5.89. The number of nitrogens with one attached hydrogen (secondary N) is 2. The third-order valence-corrected chi connectivity index (χ3v) is 6.96. The Morgan fingerprint density at radius 1 is 1.03 bits per heavy atom. The van der Waals surface area contributed by atoms with E-state index in [2.05, 4.69) is 39.7 Å². The number of aliphatic hydroxyl groups excluding tert-OH is 1. The Morgan fingerprint density at radius 3 is 2.57 bits per heavy atom. The smallest absolute Gasteiger partial charge is 0.166 e. The molecule has 1 fully saturated rings. The molecule has 0 unspecified atom stereocenters. The van der Waals surface area contributed by atoms with Crippen LogP contribution in [-0.2, 0) is 13.2 Å². The van der Waals surface area contributed by atoms with Crippen molar-refractivity contribution in [2.24, 2.45) is 5.92 Å². The number of anilines is 2. The highest BCUT2D eigenvalue weighted by Crippen LogP contribution is 2.37. The lowest BCUT2D eigenvalue weighted by Crippen LogP contribution is -2.09. The number of hydrogen-bond donors (Lipinski definition) is 3. The van der Waals surface area contributed by atoms with Gasteiger partial charge in [-0.15, -0.1) is 0 Å². The minimum atomic E-state index is -0.113. The average molecular weight is 495 g/mol. The van der Waals surface area contributed by atoms with E-state index in [0.717, 1.165) is 76.9 Å². The Kier molecular flexibility index (Phi) is 7.76. The summed E-state index contributed by atoms with van der Waals surface area (Å²) < 4.78 is 0. The van der Waals surface area contributed by atoms with E-state index in [9.17, 15) is 9.90 Å². The lowest BCUT2D eigenvalue weighted by molar-refractivity contribution is 0.0976. The predicted octanol–water partition coefficient (Wildman–Crippen LogP) is 6.60. The molecule has 1 aliphatic carbocycles. The monoisotopic (exact) mass is 494 g/mol. The van der Waals surface area contributed by atoms with Crippen LogP contribution >= 0.6 is 0 Å². The zero-order valence-electron chi connectivity index (χ0n) is 21.3. The van der Waals surface area contributed by atoms with Crippen LogP contribution in [0.15, 0.2) is 67.0 Å². The molecule has 0 saturated heterocycles. The van der Waals surface area contributed by atoms with Crippen molar-refractivity contribution in [1.82, 2.24) is 9.97 Å². The fraction of sp³-hybridized carbons (Fsp3) is 0.323. The van der Waals surface area contributed by atoms with Gasteiger partial charge >= 0.3 is 0 Å². The number of benzene rings is 2. The first-order chi connectivity index (χ1) is 18.2. The summed E-state index contributed by atoms with van der Waals surface area (Å²) in [5.74, 6) is 1.46. The molecule has 0 atom stereocenters. The number of hydrogen-bond acceptors (Lipinski definition) is 6. The lowest BCUT2D eigenvalue weighted by atomic mass is 9.95. The molecule has 190 valence electrons. The van der Waals surface area contributed by atoms with Crippen molar-refractivity contribution in [3.63, 3.8) is 0 Å². The van der Waals surface area contributed by atoms with E-state index in [4.69, 9.17) is 0 Å². The molecule has 4 aromatic rings. The van der Waals surface area contributed by atoms with Gasteiger partial charge < -0.3 is 15.7 Å². The number of aliphatic hydroxyl groups is 1. The standard InChI is InChI=1S/C31H34N4O2/c1-2-3-13-32-30-12-11-23(18-34-30)25-16-26-28(15-24(25)20-36)33-19-27(29(37)14-21-9-10-21)31(26)35-17-22-7-5-4-6-8-22/h4-8,11-12,15-16,18-19,21,36H,2-3,9-10,13-14,17,20H2,1H3,(H,32,34)(H,33,35). The number of ketones is 1. The Labute approximate surface area is 218 Å². The number of pyridine rings is 2. The molecular formula is C31H34N4O2. The lowest BCUT2D eigenvalue weighted by Gasteiger charge is -2.17. The second-order valence-electron chi connectivity index (χ2n) is 9.85. The van der Waals surface area contributed by atoms with Crippen molar-refractivity contribution in [2.75, 3.05) is 17.2 Å². The zero-order valence-corrected chi connectivity index (χ0v) is 21.3. The summed E-state index contributed by atoms with van der Waals surface area (Å²) in [6, 6.07) is 18.1. The van der Waals surface area contributed by atoms with Crippen LogP contribution in [0, 0.1) is 5.92 Å². The number of fused-ring (bicyclic) bond motifs is 1. The number of aromatic nitrogens is 2. The summed E-state index contributed by atoms with van der Waals surface area (Å²) in [6.07, 6.45) is 8.56. The third-order valence-electron chi connectivity index (χ3n) is 6.96. The number of rotatable bonds is 12. The van der Waals surface area contributed by atoms with Gasteiger partial charge in [-0.2, -0.15) is 0 Å². The van der Waals surface area contributed by atoms with E-state index >= 15 is 0 Å². The van der Waals surface area contributed by atoms with Crippen LogP contribution in [0.1, 0.15) is 60.5 Å². The largest absolute Gasteiger partial charge is 0.392 e. The molecule has 6 heteroatoms. The van der Waals surface area contributed by atoms with E-state index in [1.165, 1.54) is 0 Å². The Balaban J connectivity index is 1.55. The van der Waals surface area contributed by atoms with Gasteiger partial charge in [0.1, 0.15) is 5.82 Å². The van der Waals surface area contributed by atoms with Crippen molar-refractivity contribution >= 4 is 28.2 Å². The van der Waals surface area contributed by atoms with Crippen molar-refractivity contribution < 1.29 is 9.90 Å². The van der Waals surface area contributed by atoms with Gasteiger partial charge in [0.15, 0.2) is 5.78 Å². The molecule has 0 aliphatic heterocycles. The van der Waals surface area contributed by atoms with Crippen molar-refractivity contribution in [1.29, 1.82) is 0 Å². The van der Waals surface area contributed by atoms with Crippen LogP contribution in [0.3, 0.4) is 0 Å². The van der Waals surface area contributed by atoms with Crippen LogP contribution in [0.2, 0.25) is 0 Å². The van der Waals surface area contributed by atoms with Crippen molar-refractivity contribution in [3.8, 4) is 11.1 Å². The minimum Gasteiger partial charge on any atom is -0.392 e. The molecular weight excluding hydrogens is 460 g/mol. The summed E-state index contributed by atoms with van der Waals surface area (Å²) in [4.78, 5) is 22.5. The number of Topliss-reactive ketones (excluding diaryl/α,β-unsaturated/α-hetero) is 1. The summed E-state index contributed by atoms with van der Waals surface area (Å²) >= 11 is 0. The molecule has 3 N–H and O–H groups in total. The Hall–Kier alpha value is -3.77. The van der Waals surface area contributed by atoms with E-state index in [1.54, 1.807) is 6.20 Å². The molecule has 1 aliphatic rings. The van der Waals surface area contributed by atoms with E-state index < -0.39 is 0 Å². The maximum atomic E-state index is 13.3. The van der Waals surface area contributed by atoms with Crippen LogP contribution in [0.4, 0.5) is 11.5 Å². The highest BCUT2D eigenvalue weighted by Gasteiger charge is 2.27. The molecule has 6 nitrogen and oxygen atoms in total. The number of carbonyl (C=O) groups excluding carboxylic acids is 1. The first-order valence-electron chi connectivity index (χ1n) is 13.2. The Morgan fingerprint density at radius 2 is 1.86 bits per heavy atom. The second-order valence-corrected chi connectivity index (χ2v) is 9.85. The highest BCUT2D eigenvalue weighted by molar-refractivity contribution is 6.09. The molecule has 2 aromatic carbocycles. The fourth-order valence-electron chi connectivity index (χ4n) is 4.62. The van der Waals surface area contributed by atoms with Crippen LogP contribution in [-0.4, -0.2) is 27.4 Å². The molecule has 0 amide bonds. The topological polar surface area (TPSA) is 87.1 Å². The van der Waals surface area contributed by atoms with Gasteiger partial charge in [0, 0.05) is 42.9 Å². The van der Waals surface area contributed by atoms with Crippen molar-refractivity contribution in [3.05, 3.63) is 83.7 Å². The third kappa shape index (κ3) is 5.97. The quantitative estimate of drug-likeness (QED) is 0.152. The number of unbranched alkanes of at least 4 members (excludes halogenated alkanes) is 1. The van der Waals surface area contributed by atoms with Crippen molar-refractivity contribution in [2.45, 2.75) is 52.2 Å². The Bertz CT molecular complexity index is 1370. The molecule has 2 aromatic heterocycles. The van der Waals surface area contributed by atoms with Gasteiger partial charge in [-0.3, -0.25) is 9.78 Å². The summed E-state index contributed by atoms with van der Waals surface area (Å²) in [6.45, 7) is 3.54. The zero-order chi connectivity index (χ0) is 25.6. The molecule has 0 spiro atoms. The van der Waals surface area contributed by atoms with Gasteiger partial charge in [0.25, 0.3) is 0 Å². The molecule has 0 radical (unpaired) electrons. The molecule has 0 bridgehead atoms. The number of carbonyl (C=O) groups is 1. The van der Waals surface area contributed by atoms with Gasteiger partial charge in [-0.05, 0) is 66.1 Å². The minimum absolute atomic E-state index is 0.113. The molecule has 2 heterocycles. The van der Waals surface area contributed by atoms with E-state index in [-0.39, 0.29) is 12.4 Å². The van der Waals surface area contributed by atoms with Crippen LogP contribution < -0.4 is 10.6 Å². The van der Waals surface area contributed by atoms with E-state index in [1.807, 2.05) is 48.7 Å². The summed E-state index contributed by atoms with van der Waals surface area (Å²) in [5, 5.41) is 17.9. The predicted molar refractivity (Wildman–Crippen MR) is 150 cm³/mol. The van der Waals surface area contributed by atoms with Crippen LogP contribution in [0.5, 0.6) is 0 Å². The second kappa shape index (κ2) is 11.5. The summed E-state index contributed by atoms with van der Waals surface area (Å²) in [7, 11) is 0. The van der Waals surface area contributed by atoms with E-state index in [0.29, 0.717) is 24.4 Å². The maximum absolute atomic E-state index is 13.3. The highest BCUT2D eigenvalue weighted by atomic mass is 16.3. The fourth-order valence-corrected chi connectivity index (χ4v) is 4.62. The van der Waals surface area contributed by atoms with Crippen LogP contribution in [0.25, 0.3) is 22.0 Å². The van der Waals surface area contributed by atoms with Gasteiger partial charge in [0.2, 0.25) is 0 Å². The van der Waals surface area contributed by atoms with Gasteiger partial charge in [-0.25, -0.2) is 4.98 Å². The molecule has 37 heavy (non-hydrogen) atoms. The molecule has 5 rings (SSSR count). The SMILES string of the molecule is CCCCNc1ccc(-c2cc3c(NCc4ccccc4)c(C(=O)CC4CC4)cnc3cc2CO)cn1. The van der Waals surface area contributed by atoms with Gasteiger partial charge in [0.05, 0.1) is 23.4 Å². The average Bonchev–Trinajstić information content (AvgIpc) is 3.76. The van der Waals surface area contributed by atoms with Gasteiger partial charge in [-0.1, -0.05) is 43.7 Å². The maximum Gasteiger partial charge on any atom is 0.166 e. The molecule has 1 saturated carbocycles.